The minimum atomic E-state index is -1.11. The predicted molar refractivity (Wildman–Crippen MR) is 122 cm³/mol. The smallest absolute Gasteiger partial charge is 0.335 e. The number of rotatable bonds is 4. The number of hydrogen-bond acceptors (Lipinski definition) is 6. The van der Waals surface area contributed by atoms with Crippen LogP contribution in [-0.4, -0.2) is 104 Å². The molecule has 3 aliphatic rings. The third kappa shape index (κ3) is 4.04. The van der Waals surface area contributed by atoms with E-state index in [9.17, 15) is 34.5 Å². The molecule has 5 rings (SSSR count). The highest BCUT2D eigenvalue weighted by Crippen LogP contribution is 2.40. The molecule has 3 saturated heterocycles. The van der Waals surface area contributed by atoms with E-state index in [1.165, 1.54) is 36.4 Å². The summed E-state index contributed by atoms with van der Waals surface area (Å²) in [6.45, 7) is 1.88. The molecule has 2 aromatic carbocycles. The van der Waals surface area contributed by atoms with Crippen LogP contribution in [0.4, 0.5) is 0 Å². The summed E-state index contributed by atoms with van der Waals surface area (Å²) in [5, 5.41) is 28.8. The van der Waals surface area contributed by atoms with Gasteiger partial charge in [-0.2, -0.15) is 0 Å². The van der Waals surface area contributed by atoms with Gasteiger partial charge in [-0.15, -0.1) is 0 Å². The fraction of sp³-hybridized carbons (Fsp3) is 0.360. The first-order valence-corrected chi connectivity index (χ1v) is 11.4. The van der Waals surface area contributed by atoms with Crippen LogP contribution in [0.2, 0.25) is 0 Å². The second-order valence-electron chi connectivity index (χ2n) is 9.54. The molecular weight excluding hydrogens is 454 g/mol. The number of β-amino-alcohol motifs (C(OH)–C–C–N with tert-alkyl or cyclic N) is 1. The van der Waals surface area contributed by atoms with Crippen molar-refractivity contribution in [3.8, 4) is 0 Å². The number of carboxylic acids is 2. The third-order valence-electron chi connectivity index (χ3n) is 7.18. The van der Waals surface area contributed by atoms with Crippen molar-refractivity contribution in [3.63, 3.8) is 0 Å². The number of carbonyl (C=O) groups excluding carboxylic acids is 2. The van der Waals surface area contributed by atoms with Crippen molar-refractivity contribution < 1.29 is 34.5 Å². The molecule has 2 atom stereocenters. The average Bonchev–Trinajstić information content (AvgIpc) is 3.21. The van der Waals surface area contributed by atoms with Crippen LogP contribution in [0, 0.1) is 0 Å². The quantitative estimate of drug-likeness (QED) is 0.587. The highest BCUT2D eigenvalue weighted by molar-refractivity contribution is 5.99. The molecule has 3 heterocycles. The van der Waals surface area contributed by atoms with Crippen molar-refractivity contribution >= 4 is 23.8 Å². The summed E-state index contributed by atoms with van der Waals surface area (Å²) in [7, 11) is 0. The number of nitrogens with zero attached hydrogens (tertiary/aromatic N) is 3. The molecule has 0 saturated carbocycles. The Morgan fingerprint density at radius 1 is 0.743 bits per heavy atom. The Morgan fingerprint density at radius 3 is 1.77 bits per heavy atom. The number of amides is 2. The number of aliphatic hydroxyl groups excluding tert-OH is 1. The fourth-order valence-electron chi connectivity index (χ4n) is 5.59. The summed E-state index contributed by atoms with van der Waals surface area (Å²) in [6, 6.07) is 11.7. The predicted octanol–water partition coefficient (Wildman–Crippen LogP) is 0.869. The number of hydrogen-bond donors (Lipinski definition) is 3. The van der Waals surface area contributed by atoms with E-state index in [1.807, 2.05) is 0 Å². The molecule has 10 nitrogen and oxygen atoms in total. The maximum absolute atomic E-state index is 13.3. The van der Waals surface area contributed by atoms with Gasteiger partial charge < -0.3 is 25.1 Å². The second kappa shape index (κ2) is 8.47. The van der Waals surface area contributed by atoms with Crippen molar-refractivity contribution in [1.29, 1.82) is 0 Å². The first-order valence-electron chi connectivity index (χ1n) is 11.4. The molecule has 182 valence electrons. The summed E-state index contributed by atoms with van der Waals surface area (Å²) < 4.78 is 0. The van der Waals surface area contributed by atoms with Crippen molar-refractivity contribution in [2.24, 2.45) is 0 Å². The molecule has 35 heavy (non-hydrogen) atoms. The number of piperazine rings is 1. The highest BCUT2D eigenvalue weighted by atomic mass is 16.4. The monoisotopic (exact) mass is 479 g/mol. The summed E-state index contributed by atoms with van der Waals surface area (Å²) in [6.07, 6.45) is -0.0192. The van der Waals surface area contributed by atoms with Crippen LogP contribution >= 0.6 is 0 Å². The lowest BCUT2D eigenvalue weighted by Gasteiger charge is -2.60. The molecular formula is C25H25N3O7. The Hall–Kier alpha value is -3.76. The molecule has 0 aliphatic carbocycles. The number of carboxylic acid groups (broad SMARTS) is 2. The van der Waals surface area contributed by atoms with Crippen LogP contribution in [0.3, 0.4) is 0 Å². The average molecular weight is 479 g/mol. The maximum Gasteiger partial charge on any atom is 0.335 e. The lowest BCUT2D eigenvalue weighted by molar-refractivity contribution is -0.0917. The number of aliphatic hydroxyl groups is 1. The van der Waals surface area contributed by atoms with Gasteiger partial charge in [0.2, 0.25) is 0 Å². The number of benzene rings is 2. The lowest BCUT2D eigenvalue weighted by atomic mass is 9.83. The first kappa shape index (κ1) is 23.0. The van der Waals surface area contributed by atoms with E-state index in [-0.39, 0.29) is 40.1 Å². The molecule has 10 heteroatoms. The van der Waals surface area contributed by atoms with Crippen molar-refractivity contribution in [2.45, 2.75) is 24.1 Å². The largest absolute Gasteiger partial charge is 0.478 e. The van der Waals surface area contributed by atoms with Crippen LogP contribution in [0.25, 0.3) is 0 Å². The van der Waals surface area contributed by atoms with Gasteiger partial charge in [0.25, 0.3) is 11.8 Å². The van der Waals surface area contributed by atoms with Gasteiger partial charge in [-0.3, -0.25) is 14.5 Å². The minimum Gasteiger partial charge on any atom is -0.478 e. The van der Waals surface area contributed by atoms with Gasteiger partial charge >= 0.3 is 11.9 Å². The summed E-state index contributed by atoms with van der Waals surface area (Å²) in [5.41, 5.74) is 0.105. The number of carbonyl (C=O) groups is 4. The molecule has 2 unspecified atom stereocenters. The topological polar surface area (TPSA) is 139 Å². The molecule has 0 radical (unpaired) electrons. The van der Waals surface area contributed by atoms with Gasteiger partial charge in [-0.25, -0.2) is 9.59 Å². The minimum absolute atomic E-state index is 0.0319. The zero-order valence-electron chi connectivity index (χ0n) is 18.8. The van der Waals surface area contributed by atoms with Gasteiger partial charge in [0.15, 0.2) is 0 Å². The van der Waals surface area contributed by atoms with Crippen molar-refractivity contribution in [3.05, 3.63) is 70.8 Å². The fourth-order valence-corrected chi connectivity index (χ4v) is 5.59. The Bertz CT molecular complexity index is 1220. The molecule has 3 N–H and O–H groups in total. The SMILES string of the molecule is O=C(O)c1cccc(C(=O)N2CC3CC(O)CN3C3(C2)CN(C(=O)c2cccc(C(=O)O)c2)C3)c1. The highest BCUT2D eigenvalue weighted by Gasteiger charge is 2.57. The van der Waals surface area contributed by atoms with E-state index in [0.717, 1.165) is 0 Å². The number of likely N-dealkylation sites (tertiary alicyclic amines) is 1. The van der Waals surface area contributed by atoms with Crippen molar-refractivity contribution in [2.75, 3.05) is 32.7 Å². The van der Waals surface area contributed by atoms with E-state index in [4.69, 9.17) is 0 Å². The first-order chi connectivity index (χ1) is 16.7. The normalized spacial score (nSPS) is 23.0. The Morgan fingerprint density at radius 2 is 1.23 bits per heavy atom. The van der Waals surface area contributed by atoms with E-state index in [2.05, 4.69) is 4.90 Å². The molecule has 0 bridgehead atoms. The summed E-state index contributed by atoms with van der Waals surface area (Å²) in [4.78, 5) is 54.5. The van der Waals surface area contributed by atoms with E-state index < -0.39 is 23.6 Å². The zero-order valence-corrected chi connectivity index (χ0v) is 18.8. The third-order valence-corrected chi connectivity index (χ3v) is 7.18. The molecule has 2 amide bonds. The maximum atomic E-state index is 13.3. The Labute approximate surface area is 201 Å². The van der Waals surface area contributed by atoms with E-state index in [1.54, 1.807) is 21.9 Å². The number of aromatic carboxylic acids is 2. The lowest BCUT2D eigenvalue weighted by Crippen LogP contribution is -2.79. The van der Waals surface area contributed by atoms with Gasteiger partial charge in [0, 0.05) is 49.9 Å². The molecule has 3 aliphatic heterocycles. The standard InChI is InChI=1S/C25H25N3O7/c29-20-9-19-10-26(21(30)15-3-1-5-17(7-15)23(32)33)12-25(28(19)11-20)13-27(14-25)22(31)16-4-2-6-18(8-16)24(34)35/h1-8,19-20,29H,9-14H2,(H,32,33)(H,34,35). The summed E-state index contributed by atoms with van der Waals surface area (Å²) >= 11 is 0. The second-order valence-corrected chi connectivity index (χ2v) is 9.54. The van der Waals surface area contributed by atoms with E-state index >= 15 is 0 Å². The summed E-state index contributed by atoms with van der Waals surface area (Å²) in [5.74, 6) is -2.79. The van der Waals surface area contributed by atoms with Crippen LogP contribution in [0.15, 0.2) is 48.5 Å². The Balaban J connectivity index is 1.37. The van der Waals surface area contributed by atoms with Crippen LogP contribution in [-0.2, 0) is 0 Å². The van der Waals surface area contributed by atoms with Gasteiger partial charge in [-0.05, 0) is 42.8 Å². The Kier molecular flexibility index (Phi) is 5.57. The molecule has 1 spiro atoms. The zero-order chi connectivity index (χ0) is 24.9. The van der Waals surface area contributed by atoms with Crippen LogP contribution in [0.1, 0.15) is 47.9 Å². The van der Waals surface area contributed by atoms with E-state index in [0.29, 0.717) is 39.1 Å². The van der Waals surface area contributed by atoms with Gasteiger partial charge in [-0.1, -0.05) is 12.1 Å². The molecule has 0 aromatic heterocycles. The molecule has 2 aromatic rings. The van der Waals surface area contributed by atoms with Crippen molar-refractivity contribution in [1.82, 2.24) is 14.7 Å². The van der Waals surface area contributed by atoms with Gasteiger partial charge in [0.05, 0.1) is 22.8 Å². The molecule has 3 fully saturated rings. The van der Waals surface area contributed by atoms with Crippen LogP contribution < -0.4 is 0 Å². The number of fused-ring (bicyclic) bond motifs is 2. The van der Waals surface area contributed by atoms with Crippen LogP contribution in [0.5, 0.6) is 0 Å². The van der Waals surface area contributed by atoms with Gasteiger partial charge in [0.1, 0.15) is 0 Å².